The lowest BCUT2D eigenvalue weighted by Crippen LogP contribution is -2.36. The Morgan fingerprint density at radius 2 is 1.96 bits per heavy atom. The molecule has 3 N–H and O–H groups in total. The molecule has 1 aliphatic rings. The number of carbonyl (C=O) groups is 2. The summed E-state index contributed by atoms with van der Waals surface area (Å²) in [5.41, 5.74) is 7.13. The van der Waals surface area contributed by atoms with Crippen LogP contribution in [-0.4, -0.2) is 29.4 Å². The number of urea groups is 1. The highest BCUT2D eigenvalue weighted by Crippen LogP contribution is 2.24. The number of halogens is 1. The molecule has 1 heterocycles. The molecule has 2 aromatic rings. The van der Waals surface area contributed by atoms with Crippen LogP contribution in [0.25, 0.3) is 0 Å². The average Bonchev–Trinajstić information content (AvgIpc) is 3.04. The Labute approximate surface area is 145 Å². The lowest BCUT2D eigenvalue weighted by atomic mass is 10.0. The van der Waals surface area contributed by atoms with Crippen molar-refractivity contribution in [3.8, 4) is 0 Å². The summed E-state index contributed by atoms with van der Waals surface area (Å²) >= 11 is 0. The molecule has 130 valence electrons. The zero-order valence-corrected chi connectivity index (χ0v) is 13.7. The molecular formula is C19H20FN3O2. The first-order valence-electron chi connectivity index (χ1n) is 8.25. The van der Waals surface area contributed by atoms with Gasteiger partial charge in [0.15, 0.2) is 0 Å². The SMILES string of the molecule is NC(=O)Nc1cccc(C(=O)N2CCCC2Cc2ccc(F)cc2)c1. The summed E-state index contributed by atoms with van der Waals surface area (Å²) in [6, 6.07) is 12.6. The maximum absolute atomic E-state index is 13.1. The number of likely N-dealkylation sites (tertiary alicyclic amines) is 1. The number of nitrogens with zero attached hydrogens (tertiary/aromatic N) is 1. The highest BCUT2D eigenvalue weighted by molar-refractivity contribution is 5.97. The lowest BCUT2D eigenvalue weighted by molar-refractivity contribution is 0.0736. The van der Waals surface area contributed by atoms with Crippen LogP contribution in [0.15, 0.2) is 48.5 Å². The van der Waals surface area contributed by atoms with Crippen LogP contribution >= 0.6 is 0 Å². The summed E-state index contributed by atoms with van der Waals surface area (Å²) in [5, 5.41) is 2.48. The number of benzene rings is 2. The van der Waals surface area contributed by atoms with Crippen molar-refractivity contribution in [2.24, 2.45) is 5.73 Å². The maximum Gasteiger partial charge on any atom is 0.316 e. The quantitative estimate of drug-likeness (QED) is 0.896. The van der Waals surface area contributed by atoms with Gasteiger partial charge in [-0.3, -0.25) is 4.79 Å². The second-order valence-corrected chi connectivity index (χ2v) is 6.20. The highest BCUT2D eigenvalue weighted by Gasteiger charge is 2.29. The summed E-state index contributed by atoms with van der Waals surface area (Å²) in [7, 11) is 0. The first kappa shape index (κ1) is 17.0. The van der Waals surface area contributed by atoms with E-state index in [1.165, 1.54) is 12.1 Å². The Morgan fingerprint density at radius 1 is 1.20 bits per heavy atom. The summed E-state index contributed by atoms with van der Waals surface area (Å²) in [6.07, 6.45) is 2.56. The number of carbonyl (C=O) groups excluding carboxylic acids is 2. The molecule has 5 nitrogen and oxygen atoms in total. The first-order valence-corrected chi connectivity index (χ1v) is 8.25. The molecule has 3 amide bonds. The topological polar surface area (TPSA) is 75.4 Å². The monoisotopic (exact) mass is 341 g/mol. The third kappa shape index (κ3) is 4.15. The van der Waals surface area contributed by atoms with E-state index < -0.39 is 6.03 Å². The minimum Gasteiger partial charge on any atom is -0.351 e. The van der Waals surface area contributed by atoms with Crippen LogP contribution in [0.5, 0.6) is 0 Å². The van der Waals surface area contributed by atoms with Gasteiger partial charge in [-0.1, -0.05) is 18.2 Å². The molecular weight excluding hydrogens is 321 g/mol. The molecule has 0 radical (unpaired) electrons. The number of hydrogen-bond acceptors (Lipinski definition) is 2. The van der Waals surface area contributed by atoms with Crippen molar-refractivity contribution < 1.29 is 14.0 Å². The van der Waals surface area contributed by atoms with Gasteiger partial charge in [0.25, 0.3) is 5.91 Å². The van der Waals surface area contributed by atoms with Gasteiger partial charge in [0.05, 0.1) is 0 Å². The van der Waals surface area contributed by atoms with Gasteiger partial charge in [-0.25, -0.2) is 9.18 Å². The number of nitrogens with one attached hydrogen (secondary N) is 1. The van der Waals surface area contributed by atoms with E-state index in [2.05, 4.69) is 5.32 Å². The molecule has 3 rings (SSSR count). The number of amides is 3. The number of hydrogen-bond donors (Lipinski definition) is 2. The Balaban J connectivity index is 1.74. The molecule has 0 spiro atoms. The number of anilines is 1. The molecule has 1 saturated heterocycles. The van der Waals surface area contributed by atoms with Crippen molar-refractivity contribution in [3.63, 3.8) is 0 Å². The van der Waals surface area contributed by atoms with Crippen molar-refractivity contribution in [2.75, 3.05) is 11.9 Å². The third-order valence-corrected chi connectivity index (χ3v) is 4.40. The maximum atomic E-state index is 13.1. The Morgan fingerprint density at radius 3 is 2.68 bits per heavy atom. The fourth-order valence-corrected chi connectivity index (χ4v) is 3.25. The molecule has 1 fully saturated rings. The van der Waals surface area contributed by atoms with E-state index in [9.17, 15) is 14.0 Å². The standard InChI is InChI=1S/C19H20FN3O2/c20-15-8-6-13(7-9-15)11-17-5-2-10-23(17)18(24)14-3-1-4-16(12-14)22-19(21)25/h1,3-4,6-9,12,17H,2,5,10-11H2,(H3,21,22,25). The van der Waals surface area contributed by atoms with E-state index in [0.717, 1.165) is 18.4 Å². The number of primary amides is 1. The summed E-state index contributed by atoms with van der Waals surface area (Å²) in [4.78, 5) is 25.7. The van der Waals surface area contributed by atoms with Gasteiger partial charge in [-0.05, 0) is 55.2 Å². The largest absolute Gasteiger partial charge is 0.351 e. The Bertz CT molecular complexity index is 776. The second kappa shape index (κ2) is 7.34. The normalized spacial score (nSPS) is 16.7. The zero-order valence-electron chi connectivity index (χ0n) is 13.7. The van der Waals surface area contributed by atoms with Crippen molar-refractivity contribution in [1.29, 1.82) is 0 Å². The first-order chi connectivity index (χ1) is 12.0. The van der Waals surface area contributed by atoms with Crippen LogP contribution in [0.1, 0.15) is 28.8 Å². The van der Waals surface area contributed by atoms with E-state index in [4.69, 9.17) is 5.73 Å². The number of rotatable bonds is 4. The third-order valence-electron chi connectivity index (χ3n) is 4.40. The minimum atomic E-state index is -0.667. The van der Waals surface area contributed by atoms with Gasteiger partial charge < -0.3 is 16.0 Å². The fraction of sp³-hybridized carbons (Fsp3) is 0.263. The predicted octanol–water partition coefficient (Wildman–Crippen LogP) is 3.16. The fourth-order valence-electron chi connectivity index (χ4n) is 3.25. The van der Waals surface area contributed by atoms with Gasteiger partial charge in [-0.2, -0.15) is 0 Å². The molecule has 0 saturated carbocycles. The Hall–Kier alpha value is -2.89. The van der Waals surface area contributed by atoms with Gasteiger partial charge in [0.2, 0.25) is 0 Å². The van der Waals surface area contributed by atoms with E-state index in [-0.39, 0.29) is 17.8 Å². The van der Waals surface area contributed by atoms with Crippen molar-refractivity contribution in [2.45, 2.75) is 25.3 Å². The van der Waals surface area contributed by atoms with E-state index >= 15 is 0 Å². The van der Waals surface area contributed by atoms with Crippen LogP contribution in [-0.2, 0) is 6.42 Å². The molecule has 25 heavy (non-hydrogen) atoms. The molecule has 6 heteroatoms. The molecule has 1 atom stereocenters. The molecule has 0 aliphatic carbocycles. The van der Waals surface area contributed by atoms with Crippen LogP contribution < -0.4 is 11.1 Å². The second-order valence-electron chi connectivity index (χ2n) is 6.20. The highest BCUT2D eigenvalue weighted by atomic mass is 19.1. The minimum absolute atomic E-state index is 0.0715. The summed E-state index contributed by atoms with van der Waals surface area (Å²) in [6.45, 7) is 0.693. The summed E-state index contributed by atoms with van der Waals surface area (Å²) in [5.74, 6) is -0.334. The van der Waals surface area contributed by atoms with E-state index in [0.29, 0.717) is 24.2 Å². The molecule has 1 unspecified atom stereocenters. The van der Waals surface area contributed by atoms with Crippen LogP contribution in [0.3, 0.4) is 0 Å². The average molecular weight is 341 g/mol. The van der Waals surface area contributed by atoms with Crippen molar-refractivity contribution in [3.05, 3.63) is 65.5 Å². The molecule has 2 aromatic carbocycles. The van der Waals surface area contributed by atoms with E-state index in [1.807, 2.05) is 4.90 Å². The van der Waals surface area contributed by atoms with Gasteiger partial charge in [0, 0.05) is 23.8 Å². The van der Waals surface area contributed by atoms with Crippen molar-refractivity contribution in [1.82, 2.24) is 4.90 Å². The molecule has 0 bridgehead atoms. The lowest BCUT2D eigenvalue weighted by Gasteiger charge is -2.25. The van der Waals surface area contributed by atoms with Crippen LogP contribution in [0.2, 0.25) is 0 Å². The summed E-state index contributed by atoms with van der Waals surface area (Å²) < 4.78 is 13.1. The van der Waals surface area contributed by atoms with E-state index in [1.54, 1.807) is 36.4 Å². The predicted molar refractivity (Wildman–Crippen MR) is 93.8 cm³/mol. The number of nitrogens with two attached hydrogens (primary N) is 1. The smallest absolute Gasteiger partial charge is 0.316 e. The van der Waals surface area contributed by atoms with Crippen LogP contribution in [0.4, 0.5) is 14.9 Å². The Kier molecular flexibility index (Phi) is 4.97. The van der Waals surface area contributed by atoms with Crippen molar-refractivity contribution >= 4 is 17.6 Å². The zero-order chi connectivity index (χ0) is 17.8. The van der Waals surface area contributed by atoms with Gasteiger partial charge >= 0.3 is 6.03 Å². The van der Waals surface area contributed by atoms with Gasteiger partial charge in [-0.15, -0.1) is 0 Å². The molecule has 1 aliphatic heterocycles. The molecule has 0 aromatic heterocycles. The van der Waals surface area contributed by atoms with Crippen LogP contribution in [0, 0.1) is 5.82 Å². The van der Waals surface area contributed by atoms with Gasteiger partial charge in [0.1, 0.15) is 5.82 Å².